The zero-order valence-electron chi connectivity index (χ0n) is 18.9. The van der Waals surface area contributed by atoms with Gasteiger partial charge in [-0.2, -0.15) is 0 Å². The molecule has 1 aliphatic heterocycles. The average molecular weight is 429 g/mol. The minimum Gasteiger partial charge on any atom is -0.289 e. The van der Waals surface area contributed by atoms with Crippen molar-refractivity contribution in [1.29, 1.82) is 0 Å². The molecule has 2 nitrogen and oxygen atoms in total. The Bertz CT molecular complexity index is 1350. The standard InChI is InChI=1S/C31H25NO/c1-22-17-19-26(20-18-22)32-29(24-11-5-3-6-12-24)21-28(27-15-9-10-16-30(27)33)23(2)31(32)25-13-7-4-8-14-25/h3-21H,1-2H3/p+1. The summed E-state index contributed by atoms with van der Waals surface area (Å²) in [6, 6.07) is 29.7. The number of rotatable bonds is 3. The third-order valence-electron chi connectivity index (χ3n) is 6.25. The predicted octanol–water partition coefficient (Wildman–Crippen LogP) is 5.99. The van der Waals surface area contributed by atoms with Crippen LogP contribution in [0, 0.1) is 6.92 Å². The van der Waals surface area contributed by atoms with Crippen molar-refractivity contribution in [2.24, 2.45) is 0 Å². The van der Waals surface area contributed by atoms with Crippen LogP contribution in [0.1, 0.15) is 23.6 Å². The van der Waals surface area contributed by atoms with Gasteiger partial charge in [0.05, 0.1) is 0 Å². The van der Waals surface area contributed by atoms with Crippen LogP contribution in [0.4, 0.5) is 5.69 Å². The Morgan fingerprint density at radius 2 is 1.24 bits per heavy atom. The first-order chi connectivity index (χ1) is 16.1. The largest absolute Gasteiger partial charge is 0.289 e. The van der Waals surface area contributed by atoms with E-state index in [4.69, 9.17) is 0 Å². The van der Waals surface area contributed by atoms with E-state index in [2.05, 4.69) is 92.7 Å². The molecule has 1 unspecified atom stereocenters. The molecule has 1 N–H and O–H groups in total. The average Bonchev–Trinajstić information content (AvgIpc) is 2.86. The van der Waals surface area contributed by atoms with Crippen LogP contribution in [0.3, 0.4) is 0 Å². The normalized spacial score (nSPS) is 20.2. The van der Waals surface area contributed by atoms with E-state index in [1.54, 1.807) is 12.2 Å². The Balaban J connectivity index is 1.84. The fourth-order valence-corrected chi connectivity index (χ4v) is 4.58. The number of hydrogen-bond donors (Lipinski definition) is 1. The highest BCUT2D eigenvalue weighted by atomic mass is 16.1. The molecule has 0 saturated heterocycles. The Hall–Kier alpha value is -4.01. The van der Waals surface area contributed by atoms with Crippen molar-refractivity contribution >= 4 is 22.9 Å². The molecule has 2 aliphatic rings. The van der Waals surface area contributed by atoms with Crippen LogP contribution in [0.25, 0.3) is 11.4 Å². The van der Waals surface area contributed by atoms with E-state index in [1.165, 1.54) is 21.8 Å². The molecule has 0 radical (unpaired) electrons. The van der Waals surface area contributed by atoms with E-state index in [-0.39, 0.29) is 5.78 Å². The lowest BCUT2D eigenvalue weighted by Gasteiger charge is -2.30. The number of ketones is 1. The van der Waals surface area contributed by atoms with Crippen LogP contribution in [0.15, 0.2) is 132 Å². The molecular formula is C31H26NO+. The SMILES string of the molecule is CC1=C(c2ccccc2)[NH+](c2ccc(C)cc2)C(c2ccccc2)=CC1=C1C=CC=CC1=O. The number of allylic oxidation sites excluding steroid dienone is 8. The number of carbonyl (C=O) groups excluding carboxylic acids is 1. The van der Waals surface area contributed by atoms with Crippen molar-refractivity contribution < 1.29 is 9.69 Å². The third kappa shape index (κ3) is 3.97. The summed E-state index contributed by atoms with van der Waals surface area (Å²) in [6.45, 7) is 4.25. The Morgan fingerprint density at radius 1 is 0.636 bits per heavy atom. The Labute approximate surface area is 195 Å². The smallest absolute Gasteiger partial charge is 0.186 e. The molecule has 0 fully saturated rings. The summed E-state index contributed by atoms with van der Waals surface area (Å²) in [6.07, 6.45) is 9.52. The molecule has 0 aromatic heterocycles. The number of quaternary nitrogens is 1. The third-order valence-corrected chi connectivity index (χ3v) is 6.25. The van der Waals surface area contributed by atoms with E-state index in [1.807, 2.05) is 24.3 Å². The predicted molar refractivity (Wildman–Crippen MR) is 136 cm³/mol. The molecule has 0 bridgehead atoms. The second kappa shape index (κ2) is 8.85. The summed E-state index contributed by atoms with van der Waals surface area (Å²) in [5.41, 5.74) is 9.80. The number of carbonyl (C=O) groups is 1. The molecule has 0 amide bonds. The van der Waals surface area contributed by atoms with Gasteiger partial charge in [0.2, 0.25) is 0 Å². The van der Waals surface area contributed by atoms with Gasteiger partial charge >= 0.3 is 0 Å². The second-order valence-electron chi connectivity index (χ2n) is 8.44. The molecule has 5 rings (SSSR count). The highest BCUT2D eigenvalue weighted by molar-refractivity contribution is 6.09. The fraction of sp³-hybridized carbons (Fsp3) is 0.0645. The zero-order chi connectivity index (χ0) is 22.8. The van der Waals surface area contributed by atoms with Gasteiger partial charge in [-0.25, -0.2) is 4.90 Å². The van der Waals surface area contributed by atoms with Gasteiger partial charge in [0.1, 0.15) is 11.4 Å². The van der Waals surface area contributed by atoms with Gasteiger partial charge in [0, 0.05) is 46.1 Å². The van der Waals surface area contributed by atoms with Gasteiger partial charge in [-0.15, -0.1) is 0 Å². The Morgan fingerprint density at radius 3 is 1.88 bits per heavy atom. The number of nitrogens with one attached hydrogen (secondary N) is 1. The van der Waals surface area contributed by atoms with E-state index in [0.29, 0.717) is 0 Å². The fourth-order valence-electron chi connectivity index (χ4n) is 4.58. The number of benzene rings is 3. The molecule has 1 aliphatic carbocycles. The highest BCUT2D eigenvalue weighted by Crippen LogP contribution is 2.33. The maximum absolute atomic E-state index is 12.9. The molecule has 33 heavy (non-hydrogen) atoms. The van der Waals surface area contributed by atoms with Crippen molar-refractivity contribution in [2.45, 2.75) is 13.8 Å². The van der Waals surface area contributed by atoms with Gasteiger partial charge in [0.25, 0.3) is 0 Å². The summed E-state index contributed by atoms with van der Waals surface area (Å²) in [5.74, 6) is 0.0432. The van der Waals surface area contributed by atoms with Gasteiger partial charge in [-0.05, 0) is 44.2 Å². The minimum absolute atomic E-state index is 0.0432. The first kappa shape index (κ1) is 20.9. The molecular weight excluding hydrogens is 402 g/mol. The molecule has 1 heterocycles. The lowest BCUT2D eigenvalue weighted by molar-refractivity contribution is -0.665. The van der Waals surface area contributed by atoms with Gasteiger partial charge in [-0.3, -0.25) is 4.79 Å². The van der Waals surface area contributed by atoms with Crippen molar-refractivity contribution in [1.82, 2.24) is 0 Å². The van der Waals surface area contributed by atoms with E-state index < -0.39 is 0 Å². The number of hydrogen-bond acceptors (Lipinski definition) is 1. The van der Waals surface area contributed by atoms with Crippen molar-refractivity contribution in [3.8, 4) is 0 Å². The maximum atomic E-state index is 12.9. The zero-order valence-corrected chi connectivity index (χ0v) is 18.9. The van der Waals surface area contributed by atoms with Crippen LogP contribution < -0.4 is 4.90 Å². The number of aryl methyl sites for hydroxylation is 1. The van der Waals surface area contributed by atoms with Gasteiger partial charge in [0.15, 0.2) is 11.5 Å². The molecule has 1 atom stereocenters. The lowest BCUT2D eigenvalue weighted by atomic mass is 9.87. The summed E-state index contributed by atoms with van der Waals surface area (Å²) < 4.78 is 0. The summed E-state index contributed by atoms with van der Waals surface area (Å²) in [7, 11) is 0. The monoisotopic (exact) mass is 428 g/mol. The summed E-state index contributed by atoms with van der Waals surface area (Å²) in [5, 5.41) is 0. The first-order valence-electron chi connectivity index (χ1n) is 11.3. The quantitative estimate of drug-likeness (QED) is 0.509. The second-order valence-corrected chi connectivity index (χ2v) is 8.44. The van der Waals surface area contributed by atoms with Crippen LogP contribution in [-0.4, -0.2) is 5.78 Å². The first-order valence-corrected chi connectivity index (χ1v) is 11.3. The van der Waals surface area contributed by atoms with Crippen LogP contribution >= 0.6 is 0 Å². The van der Waals surface area contributed by atoms with E-state index >= 15 is 0 Å². The molecule has 0 saturated carbocycles. The Kier molecular flexibility index (Phi) is 5.60. The molecule has 2 heteroatoms. The van der Waals surface area contributed by atoms with Crippen molar-refractivity contribution in [3.05, 3.63) is 149 Å². The molecule has 160 valence electrons. The van der Waals surface area contributed by atoms with Crippen molar-refractivity contribution in [2.75, 3.05) is 0 Å². The van der Waals surface area contributed by atoms with Crippen molar-refractivity contribution in [3.63, 3.8) is 0 Å². The van der Waals surface area contributed by atoms with Crippen LogP contribution in [0.5, 0.6) is 0 Å². The van der Waals surface area contributed by atoms with Gasteiger partial charge < -0.3 is 0 Å². The van der Waals surface area contributed by atoms with Gasteiger partial charge in [-0.1, -0.05) is 72.3 Å². The van der Waals surface area contributed by atoms with E-state index in [9.17, 15) is 4.79 Å². The maximum Gasteiger partial charge on any atom is 0.186 e. The topological polar surface area (TPSA) is 21.5 Å². The summed E-state index contributed by atoms with van der Waals surface area (Å²) >= 11 is 0. The molecule has 3 aromatic carbocycles. The highest BCUT2D eigenvalue weighted by Gasteiger charge is 2.34. The van der Waals surface area contributed by atoms with Crippen LogP contribution in [0.2, 0.25) is 0 Å². The lowest BCUT2D eigenvalue weighted by Crippen LogP contribution is -3.02. The molecule has 0 spiro atoms. The van der Waals surface area contributed by atoms with Crippen LogP contribution in [-0.2, 0) is 4.79 Å². The van der Waals surface area contributed by atoms with E-state index in [0.717, 1.165) is 33.5 Å². The summed E-state index contributed by atoms with van der Waals surface area (Å²) in [4.78, 5) is 14.1. The molecule has 3 aromatic rings. The minimum atomic E-state index is 0.0432.